The van der Waals surface area contributed by atoms with Crippen molar-refractivity contribution in [3.63, 3.8) is 0 Å². The molecule has 0 saturated heterocycles. The average Bonchev–Trinajstić information content (AvgIpc) is 3.08. The maximum atomic E-state index is 15.1. The molecule has 28 heavy (non-hydrogen) atoms. The van der Waals surface area contributed by atoms with Crippen LogP contribution in [0.1, 0.15) is 25.3 Å². The zero-order valence-electron chi connectivity index (χ0n) is 15.6. The maximum absolute atomic E-state index is 15.1. The molecule has 0 aromatic carbocycles. The Labute approximate surface area is 183 Å². The van der Waals surface area contributed by atoms with Gasteiger partial charge >= 0.3 is 29.6 Å². The van der Waals surface area contributed by atoms with Crippen LogP contribution in [0.3, 0.4) is 0 Å². The van der Waals surface area contributed by atoms with Gasteiger partial charge in [0.2, 0.25) is 11.8 Å². The second-order valence-electron chi connectivity index (χ2n) is 6.34. The fourth-order valence-corrected chi connectivity index (χ4v) is 3.06. The molecular weight excluding hydrogens is 376 g/mol. The van der Waals surface area contributed by atoms with Gasteiger partial charge in [-0.1, -0.05) is 5.16 Å². The van der Waals surface area contributed by atoms with Crippen molar-refractivity contribution >= 4 is 0 Å². The molecule has 1 aliphatic carbocycles. The molecule has 1 saturated carbocycles. The largest absolute Gasteiger partial charge is 1.00 e. The molecule has 140 valence electrons. The summed E-state index contributed by atoms with van der Waals surface area (Å²) in [4.78, 5) is 8.24. The van der Waals surface area contributed by atoms with Gasteiger partial charge < -0.3 is 19.1 Å². The van der Waals surface area contributed by atoms with Crippen LogP contribution < -0.4 is 44.1 Å². The van der Waals surface area contributed by atoms with Gasteiger partial charge in [0.25, 0.3) is 0 Å². The molecule has 0 amide bonds. The van der Waals surface area contributed by atoms with E-state index >= 15 is 4.39 Å². The Kier molecular flexibility index (Phi) is 6.22. The number of pyridine rings is 2. The van der Waals surface area contributed by atoms with Crippen LogP contribution in [0.25, 0.3) is 11.3 Å². The van der Waals surface area contributed by atoms with Gasteiger partial charge in [0.05, 0.1) is 6.61 Å². The SMILES string of the molecule is CCOc1cc(C2(F)CC(Oc3ccc(-c4cc([O-])no4)cn3)C2)ccn1.[Na+]. The van der Waals surface area contributed by atoms with Gasteiger partial charge in [-0.15, -0.1) is 0 Å². The summed E-state index contributed by atoms with van der Waals surface area (Å²) in [5.41, 5.74) is -0.294. The smallest absolute Gasteiger partial charge is 0.856 e. The van der Waals surface area contributed by atoms with E-state index < -0.39 is 11.5 Å². The van der Waals surface area contributed by atoms with Crippen LogP contribution in [-0.4, -0.2) is 27.8 Å². The van der Waals surface area contributed by atoms with Gasteiger partial charge in [0.1, 0.15) is 11.8 Å². The summed E-state index contributed by atoms with van der Waals surface area (Å²) in [6, 6.07) is 7.94. The molecule has 0 atom stereocenters. The van der Waals surface area contributed by atoms with Gasteiger partial charge in [0.15, 0.2) is 5.76 Å². The quantitative estimate of drug-likeness (QED) is 0.545. The van der Waals surface area contributed by atoms with Crippen molar-refractivity contribution in [1.29, 1.82) is 0 Å². The van der Waals surface area contributed by atoms with Gasteiger partial charge in [-0.2, -0.15) is 0 Å². The standard InChI is InChI=1S/C19H18FN3O4.Na/c1-2-25-18-7-13(5-6-21-18)19(20)9-14(10-19)26-17-4-3-12(11-22-17)15-8-16(24)23-27-15;/h3-8,11,14H,2,9-10H2,1H3,(H,23,24);/q;+1/p-1. The Morgan fingerprint density at radius 1 is 1.21 bits per heavy atom. The topological polar surface area (TPSA) is 93.3 Å². The predicted octanol–water partition coefficient (Wildman–Crippen LogP) is 0.0141. The van der Waals surface area contributed by atoms with Crippen molar-refractivity contribution < 1.29 is 53.1 Å². The second kappa shape index (κ2) is 8.46. The molecular formula is C19H17FN3NaO4. The van der Waals surface area contributed by atoms with Gasteiger partial charge in [-0.25, -0.2) is 14.4 Å². The third kappa shape index (κ3) is 4.29. The van der Waals surface area contributed by atoms with Crippen molar-refractivity contribution in [2.45, 2.75) is 31.5 Å². The molecule has 3 aromatic heterocycles. The van der Waals surface area contributed by atoms with Gasteiger partial charge in [0, 0.05) is 48.8 Å². The molecule has 0 aliphatic heterocycles. The van der Waals surface area contributed by atoms with Crippen LogP contribution in [0.4, 0.5) is 4.39 Å². The zero-order valence-corrected chi connectivity index (χ0v) is 17.6. The van der Waals surface area contributed by atoms with Gasteiger partial charge in [-0.05, 0) is 30.7 Å². The maximum Gasteiger partial charge on any atom is 1.00 e. The van der Waals surface area contributed by atoms with Crippen LogP contribution in [0.2, 0.25) is 0 Å². The van der Waals surface area contributed by atoms with Crippen molar-refractivity contribution in [2.75, 3.05) is 6.61 Å². The summed E-state index contributed by atoms with van der Waals surface area (Å²) in [7, 11) is 0. The van der Waals surface area contributed by atoms with E-state index in [9.17, 15) is 5.11 Å². The van der Waals surface area contributed by atoms with E-state index in [1.54, 1.807) is 30.5 Å². The Bertz CT molecular complexity index is 929. The molecule has 1 aliphatic rings. The number of ether oxygens (including phenoxy) is 2. The van der Waals surface area contributed by atoms with Crippen molar-refractivity contribution in [3.05, 3.63) is 48.3 Å². The van der Waals surface area contributed by atoms with Crippen molar-refractivity contribution in [1.82, 2.24) is 15.1 Å². The van der Waals surface area contributed by atoms with E-state index in [-0.39, 0.29) is 48.5 Å². The number of rotatable bonds is 6. The van der Waals surface area contributed by atoms with Crippen LogP contribution in [0.5, 0.6) is 17.6 Å². The summed E-state index contributed by atoms with van der Waals surface area (Å²) in [5, 5.41) is 14.4. The third-order valence-electron chi connectivity index (χ3n) is 4.44. The summed E-state index contributed by atoms with van der Waals surface area (Å²) >= 11 is 0. The normalized spacial score (nSPS) is 20.7. The summed E-state index contributed by atoms with van der Waals surface area (Å²) in [6.45, 7) is 2.33. The monoisotopic (exact) mass is 393 g/mol. The van der Waals surface area contributed by atoms with Crippen LogP contribution in [-0.2, 0) is 5.67 Å². The Balaban J connectivity index is 0.00000225. The molecule has 3 aromatic rings. The van der Waals surface area contributed by atoms with E-state index in [1.165, 1.54) is 12.3 Å². The Morgan fingerprint density at radius 3 is 2.68 bits per heavy atom. The molecule has 7 nitrogen and oxygen atoms in total. The number of hydrogen-bond acceptors (Lipinski definition) is 7. The first-order valence-corrected chi connectivity index (χ1v) is 8.61. The van der Waals surface area contributed by atoms with E-state index in [1.807, 2.05) is 6.92 Å². The first-order valence-electron chi connectivity index (χ1n) is 8.61. The molecule has 0 unspecified atom stereocenters. The third-order valence-corrected chi connectivity index (χ3v) is 4.44. The van der Waals surface area contributed by atoms with E-state index in [4.69, 9.17) is 14.0 Å². The number of aromatic nitrogens is 3. The van der Waals surface area contributed by atoms with Gasteiger partial charge in [-0.3, -0.25) is 0 Å². The average molecular weight is 393 g/mol. The zero-order chi connectivity index (χ0) is 18.9. The van der Waals surface area contributed by atoms with Crippen LogP contribution in [0, 0.1) is 0 Å². The van der Waals surface area contributed by atoms with Crippen LogP contribution >= 0.6 is 0 Å². The first-order chi connectivity index (χ1) is 13.1. The molecule has 0 bridgehead atoms. The number of alkyl halides is 1. The fourth-order valence-electron chi connectivity index (χ4n) is 3.06. The minimum atomic E-state index is -1.45. The van der Waals surface area contributed by atoms with E-state index in [0.29, 0.717) is 35.3 Å². The Hall–Kier alpha value is -2.16. The summed E-state index contributed by atoms with van der Waals surface area (Å²) in [6.07, 6.45) is 3.26. The summed E-state index contributed by atoms with van der Waals surface area (Å²) in [5.74, 6) is 0.704. The molecule has 0 N–H and O–H groups in total. The molecule has 4 rings (SSSR count). The molecule has 0 spiro atoms. The van der Waals surface area contributed by atoms with E-state index in [2.05, 4.69) is 15.1 Å². The minimum Gasteiger partial charge on any atom is -0.856 e. The molecule has 0 radical (unpaired) electrons. The number of halogens is 1. The van der Waals surface area contributed by atoms with Crippen LogP contribution in [0.15, 0.2) is 47.2 Å². The summed E-state index contributed by atoms with van der Waals surface area (Å²) < 4.78 is 31.0. The molecule has 9 heteroatoms. The molecule has 3 heterocycles. The van der Waals surface area contributed by atoms with Crippen molar-refractivity contribution in [3.8, 4) is 29.0 Å². The number of hydrogen-bond donors (Lipinski definition) is 0. The number of nitrogens with zero attached hydrogens (tertiary/aromatic N) is 3. The fraction of sp³-hybridized carbons (Fsp3) is 0.316. The van der Waals surface area contributed by atoms with E-state index in [0.717, 1.165) is 0 Å². The van der Waals surface area contributed by atoms with Crippen molar-refractivity contribution in [2.24, 2.45) is 0 Å². The Morgan fingerprint density at radius 2 is 2.04 bits per heavy atom. The minimum absolute atomic E-state index is 0. The predicted molar refractivity (Wildman–Crippen MR) is 91.0 cm³/mol. The first kappa shape index (κ1) is 20.6. The molecule has 1 fully saturated rings. The second-order valence-corrected chi connectivity index (χ2v) is 6.34.